The molecule has 19 heavy (non-hydrogen) atoms. The monoisotopic (exact) mass is 279 g/mol. The van der Waals surface area contributed by atoms with Gasteiger partial charge in [0.25, 0.3) is 0 Å². The van der Waals surface area contributed by atoms with Crippen molar-refractivity contribution < 1.29 is 22.8 Å². The zero-order valence-electron chi connectivity index (χ0n) is 10.0. The van der Waals surface area contributed by atoms with Gasteiger partial charge in [0, 0.05) is 18.2 Å². The Kier molecular flexibility index (Phi) is 4.57. The minimum atomic E-state index is -4.75. The third kappa shape index (κ3) is 4.01. The fourth-order valence-corrected chi connectivity index (χ4v) is 1.33. The van der Waals surface area contributed by atoms with Gasteiger partial charge in [-0.2, -0.15) is 13.2 Å². The van der Waals surface area contributed by atoms with Crippen LogP contribution in [-0.2, 0) is 6.18 Å². The summed E-state index contributed by atoms with van der Waals surface area (Å²) < 4.78 is 50.4. The van der Waals surface area contributed by atoms with Crippen molar-refractivity contribution in [2.45, 2.75) is 13.1 Å². The number of oxime groups is 1. The number of alkyl halides is 3. The molecule has 0 radical (unpaired) electrons. The molecule has 0 spiro atoms. The Bertz CT molecular complexity index is 473. The summed E-state index contributed by atoms with van der Waals surface area (Å²) in [5.41, 5.74) is 4.09. The van der Waals surface area contributed by atoms with Crippen molar-refractivity contribution in [1.29, 1.82) is 0 Å². The number of rotatable bonds is 4. The fraction of sp³-hybridized carbons (Fsp3) is 0.364. The lowest BCUT2D eigenvalue weighted by Crippen LogP contribution is -2.27. The molecule has 0 saturated carbocycles. The van der Waals surface area contributed by atoms with Crippen LogP contribution in [0, 0.1) is 11.7 Å². The molecule has 1 atom stereocenters. The predicted octanol–water partition coefficient (Wildman–Crippen LogP) is 2.64. The summed E-state index contributed by atoms with van der Waals surface area (Å²) in [6, 6.07) is 2.59. The number of nitrogens with zero attached hydrogens (tertiary/aromatic N) is 1. The molecule has 0 fully saturated rings. The minimum Gasteiger partial charge on any atom is -0.409 e. The molecule has 0 amide bonds. The van der Waals surface area contributed by atoms with Crippen LogP contribution >= 0.6 is 0 Å². The smallest absolute Gasteiger partial charge is 0.409 e. The van der Waals surface area contributed by atoms with E-state index in [0.717, 1.165) is 6.07 Å². The zero-order valence-corrected chi connectivity index (χ0v) is 10.0. The van der Waals surface area contributed by atoms with E-state index in [1.807, 2.05) is 0 Å². The number of amidine groups is 1. The van der Waals surface area contributed by atoms with E-state index < -0.39 is 17.6 Å². The molecule has 4 nitrogen and oxygen atoms in total. The summed E-state index contributed by atoms with van der Waals surface area (Å²) in [7, 11) is 0. The predicted molar refractivity (Wildman–Crippen MR) is 62.5 cm³/mol. The molecule has 0 aliphatic carbocycles. The molecule has 1 rings (SSSR count). The number of anilines is 1. The van der Waals surface area contributed by atoms with Crippen LogP contribution in [0.2, 0.25) is 0 Å². The summed E-state index contributed by atoms with van der Waals surface area (Å²) >= 11 is 0. The molecule has 0 aliphatic rings. The van der Waals surface area contributed by atoms with Crippen LogP contribution in [0.15, 0.2) is 23.4 Å². The van der Waals surface area contributed by atoms with Crippen molar-refractivity contribution in [3.05, 3.63) is 29.6 Å². The summed E-state index contributed by atoms with van der Waals surface area (Å²) in [5, 5.41) is 13.9. The van der Waals surface area contributed by atoms with Gasteiger partial charge in [0.1, 0.15) is 11.7 Å². The second kappa shape index (κ2) is 5.77. The van der Waals surface area contributed by atoms with E-state index in [0.29, 0.717) is 6.07 Å². The highest BCUT2D eigenvalue weighted by molar-refractivity contribution is 5.82. The zero-order chi connectivity index (χ0) is 14.6. The lowest BCUT2D eigenvalue weighted by atomic mass is 10.1. The first-order chi connectivity index (χ1) is 8.75. The standard InChI is InChI=1S/C11H13F4N3O/c1-6(10(16)18-19)5-17-7-2-3-9(12)8(4-7)11(13,14)15/h2-4,6,17,19H,5H2,1H3,(H2,16,18). The van der Waals surface area contributed by atoms with Gasteiger partial charge < -0.3 is 16.3 Å². The van der Waals surface area contributed by atoms with Crippen molar-refractivity contribution in [3.63, 3.8) is 0 Å². The molecule has 0 aliphatic heterocycles. The summed E-state index contributed by atoms with van der Waals surface area (Å²) in [5.74, 6) is -1.77. The number of halogens is 4. The van der Waals surface area contributed by atoms with E-state index in [4.69, 9.17) is 10.9 Å². The largest absolute Gasteiger partial charge is 0.419 e. The second-order valence-corrected chi connectivity index (χ2v) is 4.00. The van der Waals surface area contributed by atoms with Gasteiger partial charge in [-0.3, -0.25) is 0 Å². The molecule has 0 bridgehead atoms. The highest BCUT2D eigenvalue weighted by Gasteiger charge is 2.34. The number of nitrogens with one attached hydrogen (secondary N) is 1. The van der Waals surface area contributed by atoms with Gasteiger partial charge in [-0.25, -0.2) is 4.39 Å². The molecule has 106 valence electrons. The van der Waals surface area contributed by atoms with Gasteiger partial charge in [-0.1, -0.05) is 12.1 Å². The Morgan fingerprint density at radius 1 is 1.47 bits per heavy atom. The lowest BCUT2D eigenvalue weighted by Gasteiger charge is -2.14. The van der Waals surface area contributed by atoms with Crippen LogP contribution in [0.1, 0.15) is 12.5 Å². The van der Waals surface area contributed by atoms with E-state index in [2.05, 4.69) is 10.5 Å². The molecular weight excluding hydrogens is 266 g/mol. The molecule has 4 N–H and O–H groups in total. The molecular formula is C11H13F4N3O. The highest BCUT2D eigenvalue weighted by atomic mass is 19.4. The summed E-state index contributed by atoms with van der Waals surface area (Å²) in [4.78, 5) is 0. The third-order valence-corrected chi connectivity index (χ3v) is 2.50. The van der Waals surface area contributed by atoms with Crippen molar-refractivity contribution in [2.75, 3.05) is 11.9 Å². The van der Waals surface area contributed by atoms with Crippen LogP contribution in [0.4, 0.5) is 23.2 Å². The average Bonchev–Trinajstić information content (AvgIpc) is 2.35. The van der Waals surface area contributed by atoms with Gasteiger partial charge in [-0.15, -0.1) is 0 Å². The summed E-state index contributed by atoms with van der Waals surface area (Å²) in [6.45, 7) is 1.77. The fourth-order valence-electron chi connectivity index (χ4n) is 1.33. The SMILES string of the molecule is CC(CNc1ccc(F)c(C(F)(F)F)c1)C(N)=NO. The first kappa shape index (κ1) is 15.1. The normalized spacial score (nSPS) is 14.3. The average molecular weight is 279 g/mol. The minimum absolute atomic E-state index is 0.0503. The first-order valence-corrected chi connectivity index (χ1v) is 5.33. The molecule has 1 aromatic carbocycles. The lowest BCUT2D eigenvalue weighted by molar-refractivity contribution is -0.139. The molecule has 1 unspecified atom stereocenters. The van der Waals surface area contributed by atoms with Crippen LogP contribution in [0.25, 0.3) is 0 Å². The molecule has 0 saturated heterocycles. The van der Waals surface area contributed by atoms with E-state index >= 15 is 0 Å². The Morgan fingerprint density at radius 2 is 2.11 bits per heavy atom. The van der Waals surface area contributed by atoms with Gasteiger partial charge in [0.05, 0.1) is 5.56 Å². The Hall–Kier alpha value is -1.99. The molecule has 0 heterocycles. The van der Waals surface area contributed by atoms with Crippen LogP contribution < -0.4 is 11.1 Å². The van der Waals surface area contributed by atoms with Gasteiger partial charge in [0.2, 0.25) is 0 Å². The molecule has 1 aromatic rings. The van der Waals surface area contributed by atoms with Gasteiger partial charge in [0.15, 0.2) is 0 Å². The van der Waals surface area contributed by atoms with Crippen molar-refractivity contribution in [3.8, 4) is 0 Å². The maximum absolute atomic E-state index is 13.0. The number of benzene rings is 1. The van der Waals surface area contributed by atoms with E-state index in [9.17, 15) is 17.6 Å². The number of nitrogens with two attached hydrogens (primary N) is 1. The Labute approximate surface area is 106 Å². The second-order valence-electron chi connectivity index (χ2n) is 4.00. The number of hydrogen-bond acceptors (Lipinski definition) is 3. The van der Waals surface area contributed by atoms with Crippen LogP contribution in [0.3, 0.4) is 0 Å². The topological polar surface area (TPSA) is 70.6 Å². The van der Waals surface area contributed by atoms with Crippen LogP contribution in [-0.4, -0.2) is 17.6 Å². The Morgan fingerprint density at radius 3 is 2.63 bits per heavy atom. The van der Waals surface area contributed by atoms with E-state index in [1.54, 1.807) is 6.92 Å². The highest BCUT2D eigenvalue weighted by Crippen LogP contribution is 2.32. The van der Waals surface area contributed by atoms with Crippen molar-refractivity contribution in [1.82, 2.24) is 0 Å². The van der Waals surface area contributed by atoms with E-state index in [-0.39, 0.29) is 24.0 Å². The van der Waals surface area contributed by atoms with Crippen molar-refractivity contribution in [2.24, 2.45) is 16.8 Å². The van der Waals surface area contributed by atoms with Crippen LogP contribution in [0.5, 0.6) is 0 Å². The van der Waals surface area contributed by atoms with Gasteiger partial charge >= 0.3 is 6.18 Å². The van der Waals surface area contributed by atoms with E-state index in [1.165, 1.54) is 6.07 Å². The third-order valence-electron chi connectivity index (χ3n) is 2.50. The van der Waals surface area contributed by atoms with Gasteiger partial charge in [-0.05, 0) is 18.2 Å². The van der Waals surface area contributed by atoms with Crippen molar-refractivity contribution >= 4 is 11.5 Å². The molecule has 0 aromatic heterocycles. The maximum atomic E-state index is 13.0. The first-order valence-electron chi connectivity index (χ1n) is 5.33. The quantitative estimate of drug-likeness (QED) is 0.261. The maximum Gasteiger partial charge on any atom is 0.419 e. The number of hydrogen-bond donors (Lipinski definition) is 3. The summed E-state index contributed by atoms with van der Waals surface area (Å²) in [6.07, 6.45) is -4.75. The Balaban J connectivity index is 2.81. The molecule has 8 heteroatoms.